The Labute approximate surface area is 88.6 Å². The second-order valence-electron chi connectivity index (χ2n) is 2.51. The van der Waals surface area contributed by atoms with E-state index in [-0.39, 0.29) is 11.5 Å². The maximum absolute atomic E-state index is 10.6. The number of hydrogen-bond donors (Lipinski definition) is 0. The number of carbonyl (C=O) groups is 2. The summed E-state index contributed by atoms with van der Waals surface area (Å²) in [6, 6.07) is 0. The molecule has 0 rings (SSSR count). The van der Waals surface area contributed by atoms with Gasteiger partial charge in [-0.1, -0.05) is 0 Å². The van der Waals surface area contributed by atoms with Gasteiger partial charge in [0.25, 0.3) is 0 Å². The Morgan fingerprint density at radius 2 is 1.67 bits per heavy atom. The lowest BCUT2D eigenvalue weighted by Crippen LogP contribution is -1.98. The number of carbonyl (C=O) groups excluding carboxylic acids is 2. The van der Waals surface area contributed by atoms with Crippen molar-refractivity contribution < 1.29 is 19.1 Å². The van der Waals surface area contributed by atoms with E-state index in [1.54, 1.807) is 6.92 Å². The molecule has 0 aliphatic heterocycles. The molecule has 0 saturated carbocycles. The van der Waals surface area contributed by atoms with Gasteiger partial charge >= 0.3 is 11.9 Å². The number of hydrogen-bond acceptors (Lipinski definition) is 4. The Hall–Kier alpha value is -2.02. The fraction of sp³-hybridized carbons (Fsp3) is 0.273. The third-order valence-electron chi connectivity index (χ3n) is 1.11. The molecule has 0 aromatic carbocycles. The topological polar surface area (TPSA) is 52.6 Å². The molecule has 0 unspecified atom stereocenters. The van der Waals surface area contributed by atoms with Crippen LogP contribution in [-0.2, 0) is 19.1 Å². The predicted octanol–water partition coefficient (Wildman–Crippen LogP) is 1.53. The van der Waals surface area contributed by atoms with Gasteiger partial charge in [0.05, 0.1) is 0 Å². The van der Waals surface area contributed by atoms with Crippen molar-refractivity contribution >= 4 is 11.9 Å². The molecule has 80 valence electrons. The molecule has 0 heterocycles. The summed E-state index contributed by atoms with van der Waals surface area (Å²) < 4.78 is 9.30. The minimum absolute atomic E-state index is 0.00834. The second-order valence-corrected chi connectivity index (χ2v) is 2.51. The maximum atomic E-state index is 10.6. The highest BCUT2D eigenvalue weighted by Gasteiger charge is 1.97. The number of esters is 2. The molecule has 4 nitrogen and oxygen atoms in total. The monoisotopic (exact) mass is 208 g/mol. The van der Waals surface area contributed by atoms with Crippen LogP contribution in [0.5, 0.6) is 0 Å². The first-order valence-electron chi connectivity index (χ1n) is 4.19. The summed E-state index contributed by atoms with van der Waals surface area (Å²) in [4.78, 5) is 21.1. The van der Waals surface area contributed by atoms with E-state index in [9.17, 15) is 9.59 Å². The molecule has 0 bridgehead atoms. The largest absolute Gasteiger partial charge is 0.418 e. The highest BCUT2D eigenvalue weighted by atomic mass is 16.5. The Kier molecular flexibility index (Phi) is 5.57. The van der Waals surface area contributed by atoms with E-state index in [1.165, 1.54) is 19.9 Å². The molecule has 0 aliphatic rings. The van der Waals surface area contributed by atoms with Crippen molar-refractivity contribution in [2.24, 2.45) is 0 Å². The van der Waals surface area contributed by atoms with E-state index >= 15 is 0 Å². The molecule has 0 fully saturated rings. The summed E-state index contributed by atoms with van der Waals surface area (Å²) in [6.45, 7) is 7.58. The fourth-order valence-corrected chi connectivity index (χ4v) is 0.642. The van der Waals surface area contributed by atoms with Crippen LogP contribution in [0.4, 0.5) is 0 Å². The van der Waals surface area contributed by atoms with Crippen molar-refractivity contribution in [2.45, 2.75) is 20.8 Å². The molecule has 0 aromatic rings. The molecular weight excluding hydrogens is 196 g/mol. The van der Waals surface area contributed by atoms with Gasteiger partial charge in [-0.25, -0.2) is 0 Å². The zero-order chi connectivity index (χ0) is 11.8. The molecule has 0 saturated heterocycles. The zero-order valence-electron chi connectivity index (χ0n) is 8.92. The first-order valence-corrected chi connectivity index (χ1v) is 4.19. The van der Waals surface area contributed by atoms with E-state index in [4.69, 9.17) is 4.74 Å². The van der Waals surface area contributed by atoms with Gasteiger partial charge in [-0.3, -0.25) is 9.59 Å². The first-order chi connectivity index (χ1) is 6.95. The van der Waals surface area contributed by atoms with E-state index < -0.39 is 11.9 Å². The van der Waals surface area contributed by atoms with Crippen LogP contribution in [0.15, 0.2) is 24.2 Å². The van der Waals surface area contributed by atoms with Crippen LogP contribution in [-0.4, -0.2) is 11.9 Å². The second kappa shape index (κ2) is 6.44. The number of rotatable bonds is 2. The van der Waals surface area contributed by atoms with Crippen molar-refractivity contribution in [3.63, 3.8) is 0 Å². The Bertz CT molecular complexity index is 366. The van der Waals surface area contributed by atoms with Crippen LogP contribution in [0.1, 0.15) is 20.8 Å². The predicted molar refractivity (Wildman–Crippen MR) is 54.2 cm³/mol. The minimum atomic E-state index is -0.496. The highest BCUT2D eigenvalue weighted by Crippen LogP contribution is 1.97. The van der Waals surface area contributed by atoms with Crippen molar-refractivity contribution in [3.8, 4) is 11.8 Å². The third-order valence-corrected chi connectivity index (χ3v) is 1.11. The quantitative estimate of drug-likeness (QED) is 0.392. The maximum Gasteiger partial charge on any atom is 0.308 e. The minimum Gasteiger partial charge on any atom is -0.418 e. The van der Waals surface area contributed by atoms with Crippen LogP contribution in [0, 0.1) is 11.8 Å². The van der Waals surface area contributed by atoms with Gasteiger partial charge in [-0.05, 0) is 31.4 Å². The Balaban J connectivity index is 4.42. The van der Waals surface area contributed by atoms with Gasteiger partial charge in [0, 0.05) is 13.8 Å². The van der Waals surface area contributed by atoms with E-state index in [0.29, 0.717) is 0 Å². The molecule has 0 radical (unpaired) electrons. The standard InChI is InChI=1S/C11H12O4/c1-5-11(15-10(4)13)7-6-8(2)14-9(3)12/h5H,2H2,1,3-4H3/b11-5-. The van der Waals surface area contributed by atoms with E-state index in [1.807, 2.05) is 0 Å². The average Bonchev–Trinajstić information content (AvgIpc) is 2.10. The van der Waals surface area contributed by atoms with Gasteiger partial charge in [0.15, 0.2) is 11.5 Å². The third kappa shape index (κ3) is 7.08. The van der Waals surface area contributed by atoms with Gasteiger partial charge in [-0.2, -0.15) is 0 Å². The van der Waals surface area contributed by atoms with Crippen LogP contribution in [0.3, 0.4) is 0 Å². The Morgan fingerprint density at radius 1 is 1.13 bits per heavy atom. The zero-order valence-corrected chi connectivity index (χ0v) is 8.92. The van der Waals surface area contributed by atoms with E-state index in [0.717, 1.165) is 0 Å². The highest BCUT2D eigenvalue weighted by molar-refractivity contribution is 5.69. The molecule has 0 atom stereocenters. The lowest BCUT2D eigenvalue weighted by molar-refractivity contribution is -0.137. The van der Waals surface area contributed by atoms with Gasteiger partial charge in [0.2, 0.25) is 0 Å². The lowest BCUT2D eigenvalue weighted by atomic mass is 10.4. The van der Waals surface area contributed by atoms with Crippen LogP contribution >= 0.6 is 0 Å². The van der Waals surface area contributed by atoms with Gasteiger partial charge < -0.3 is 9.47 Å². The molecule has 0 spiro atoms. The first kappa shape index (κ1) is 13.0. The van der Waals surface area contributed by atoms with E-state index in [2.05, 4.69) is 23.2 Å². The van der Waals surface area contributed by atoms with Crippen molar-refractivity contribution in [3.05, 3.63) is 24.2 Å². The summed E-state index contributed by atoms with van der Waals surface area (Å²) >= 11 is 0. The normalized spacial score (nSPS) is 9.67. The van der Waals surface area contributed by atoms with Gasteiger partial charge in [0.1, 0.15) is 0 Å². The number of allylic oxidation sites excluding steroid dienone is 3. The Morgan fingerprint density at radius 3 is 2.07 bits per heavy atom. The van der Waals surface area contributed by atoms with Crippen LogP contribution in [0.25, 0.3) is 0 Å². The van der Waals surface area contributed by atoms with Crippen molar-refractivity contribution in [1.82, 2.24) is 0 Å². The lowest BCUT2D eigenvalue weighted by Gasteiger charge is -1.98. The summed E-state index contributed by atoms with van der Waals surface area (Å²) in [5.74, 6) is 4.17. The summed E-state index contributed by atoms with van der Waals surface area (Å²) in [6.07, 6.45) is 1.52. The van der Waals surface area contributed by atoms with Crippen LogP contribution in [0.2, 0.25) is 0 Å². The smallest absolute Gasteiger partial charge is 0.308 e. The fourth-order valence-electron chi connectivity index (χ4n) is 0.642. The summed E-state index contributed by atoms with van der Waals surface area (Å²) in [5.41, 5.74) is 0. The SMILES string of the molecule is C=C(C#C/C(=C/C)OC(C)=O)OC(C)=O. The molecule has 0 aromatic heterocycles. The molecule has 15 heavy (non-hydrogen) atoms. The average molecular weight is 208 g/mol. The molecular formula is C11H12O4. The number of ether oxygens (including phenoxy) is 2. The molecule has 0 N–H and O–H groups in total. The van der Waals surface area contributed by atoms with Gasteiger partial charge in [-0.15, -0.1) is 0 Å². The van der Waals surface area contributed by atoms with Crippen molar-refractivity contribution in [1.29, 1.82) is 0 Å². The molecule has 4 heteroatoms. The molecule has 0 aliphatic carbocycles. The van der Waals surface area contributed by atoms with Crippen molar-refractivity contribution in [2.75, 3.05) is 0 Å². The summed E-state index contributed by atoms with van der Waals surface area (Å²) in [5, 5.41) is 0. The van der Waals surface area contributed by atoms with Crippen LogP contribution < -0.4 is 0 Å². The summed E-state index contributed by atoms with van der Waals surface area (Å²) in [7, 11) is 0. The molecule has 0 amide bonds.